The van der Waals surface area contributed by atoms with Gasteiger partial charge in [0.25, 0.3) is 5.91 Å². The predicted molar refractivity (Wildman–Crippen MR) is 106 cm³/mol. The second-order valence-electron chi connectivity index (χ2n) is 6.34. The maximum Gasteiger partial charge on any atom is 0.260 e. The Morgan fingerprint density at radius 1 is 1.08 bits per heavy atom. The second kappa shape index (κ2) is 9.52. The minimum absolute atomic E-state index is 0.0748. The van der Waals surface area contributed by atoms with Gasteiger partial charge >= 0.3 is 0 Å². The lowest BCUT2D eigenvalue weighted by atomic mass is 10.1. The summed E-state index contributed by atoms with van der Waals surface area (Å²) in [7, 11) is 0. The van der Waals surface area contributed by atoms with Crippen LogP contribution in [-0.2, 0) is 10.5 Å². The second-order valence-corrected chi connectivity index (χ2v) is 7.44. The fraction of sp³-hybridized carbons (Fsp3) is 0.381. The zero-order chi connectivity index (χ0) is 18.2. The van der Waals surface area contributed by atoms with Crippen molar-refractivity contribution < 1.29 is 9.53 Å². The van der Waals surface area contributed by atoms with Crippen molar-refractivity contribution in [2.75, 3.05) is 12.3 Å². The van der Waals surface area contributed by atoms with Crippen LogP contribution >= 0.6 is 11.8 Å². The molecule has 0 aliphatic rings. The molecule has 0 radical (unpaired) electrons. The summed E-state index contributed by atoms with van der Waals surface area (Å²) in [6, 6.07) is 14.4. The first-order valence-electron chi connectivity index (χ1n) is 8.60. The third kappa shape index (κ3) is 6.46. The molecule has 0 unspecified atom stereocenters. The molecule has 0 spiro atoms. The van der Waals surface area contributed by atoms with Crippen LogP contribution in [0.2, 0.25) is 0 Å². The van der Waals surface area contributed by atoms with E-state index in [-0.39, 0.29) is 5.91 Å². The molecule has 0 bridgehead atoms. The number of aryl methyl sites for hydroxylation is 3. The molecule has 1 atom stereocenters. The fourth-order valence-corrected chi connectivity index (χ4v) is 3.13. The Morgan fingerprint density at radius 3 is 2.48 bits per heavy atom. The molecule has 0 saturated carbocycles. The molecule has 1 N–H and O–H groups in total. The SMILES string of the molecule is Cc1ccc(CSCCNC(=O)[C@@H](C)Oc2ccc(C)c(C)c2)cc1. The van der Waals surface area contributed by atoms with Crippen molar-refractivity contribution in [2.24, 2.45) is 0 Å². The number of nitrogens with one attached hydrogen (secondary N) is 1. The number of rotatable bonds is 8. The summed E-state index contributed by atoms with van der Waals surface area (Å²) in [6.07, 6.45) is -0.496. The molecule has 0 saturated heterocycles. The molecule has 25 heavy (non-hydrogen) atoms. The number of hydrogen-bond acceptors (Lipinski definition) is 3. The van der Waals surface area contributed by atoms with E-state index in [1.165, 1.54) is 16.7 Å². The van der Waals surface area contributed by atoms with E-state index in [4.69, 9.17) is 4.74 Å². The average molecular weight is 358 g/mol. The fourth-order valence-electron chi connectivity index (χ4n) is 2.31. The lowest BCUT2D eigenvalue weighted by Crippen LogP contribution is -2.37. The molecular weight excluding hydrogens is 330 g/mol. The third-order valence-corrected chi connectivity index (χ3v) is 5.13. The van der Waals surface area contributed by atoms with Crippen molar-refractivity contribution in [3.63, 3.8) is 0 Å². The van der Waals surface area contributed by atoms with Crippen molar-refractivity contribution in [2.45, 2.75) is 39.6 Å². The van der Waals surface area contributed by atoms with E-state index >= 15 is 0 Å². The molecule has 2 aromatic carbocycles. The van der Waals surface area contributed by atoms with Crippen LogP contribution in [0, 0.1) is 20.8 Å². The van der Waals surface area contributed by atoms with Crippen molar-refractivity contribution >= 4 is 17.7 Å². The monoisotopic (exact) mass is 357 g/mol. The van der Waals surface area contributed by atoms with E-state index in [0.717, 1.165) is 22.8 Å². The van der Waals surface area contributed by atoms with Crippen LogP contribution in [0.15, 0.2) is 42.5 Å². The number of carbonyl (C=O) groups excluding carboxylic acids is 1. The van der Waals surface area contributed by atoms with E-state index in [2.05, 4.69) is 43.4 Å². The highest BCUT2D eigenvalue weighted by molar-refractivity contribution is 7.98. The van der Waals surface area contributed by atoms with Gasteiger partial charge in [-0.2, -0.15) is 11.8 Å². The topological polar surface area (TPSA) is 38.3 Å². The van der Waals surface area contributed by atoms with Gasteiger partial charge in [-0.05, 0) is 56.5 Å². The molecule has 0 aromatic heterocycles. The molecular formula is C21H27NO2S. The van der Waals surface area contributed by atoms with Crippen LogP contribution in [0.4, 0.5) is 0 Å². The van der Waals surface area contributed by atoms with Crippen LogP contribution < -0.4 is 10.1 Å². The standard InChI is InChI=1S/C21H27NO2S/c1-15-5-8-19(9-6-15)14-25-12-11-22-21(23)18(4)24-20-10-7-16(2)17(3)13-20/h5-10,13,18H,11-12,14H2,1-4H3,(H,22,23)/t18-/m1/s1. The molecule has 3 nitrogen and oxygen atoms in total. The van der Waals surface area contributed by atoms with Gasteiger partial charge in [-0.15, -0.1) is 0 Å². The van der Waals surface area contributed by atoms with Gasteiger partial charge in [0.1, 0.15) is 5.75 Å². The number of amides is 1. The summed E-state index contributed by atoms with van der Waals surface area (Å²) in [6.45, 7) is 8.62. The molecule has 0 aliphatic carbocycles. The molecule has 0 aliphatic heterocycles. The highest BCUT2D eigenvalue weighted by Gasteiger charge is 2.14. The van der Waals surface area contributed by atoms with Gasteiger partial charge in [0.15, 0.2) is 6.10 Å². The Bertz CT molecular complexity index is 698. The molecule has 2 aromatic rings. The zero-order valence-electron chi connectivity index (χ0n) is 15.5. The van der Waals surface area contributed by atoms with Crippen molar-refractivity contribution in [3.8, 4) is 5.75 Å². The highest BCUT2D eigenvalue weighted by atomic mass is 32.2. The first-order valence-corrected chi connectivity index (χ1v) is 9.76. The Morgan fingerprint density at radius 2 is 1.80 bits per heavy atom. The molecule has 1 amide bonds. The van der Waals surface area contributed by atoms with E-state index in [1.807, 2.05) is 36.9 Å². The van der Waals surface area contributed by atoms with Crippen LogP contribution in [-0.4, -0.2) is 24.3 Å². The molecule has 0 heterocycles. The van der Waals surface area contributed by atoms with E-state index in [1.54, 1.807) is 6.92 Å². The molecule has 2 rings (SSSR count). The summed E-state index contributed by atoms with van der Waals surface area (Å²) < 4.78 is 5.73. The summed E-state index contributed by atoms with van der Waals surface area (Å²) >= 11 is 1.82. The normalized spacial score (nSPS) is 11.8. The predicted octanol–water partition coefficient (Wildman–Crippen LogP) is 4.43. The smallest absolute Gasteiger partial charge is 0.260 e. The minimum atomic E-state index is -0.496. The number of thioether (sulfide) groups is 1. The van der Waals surface area contributed by atoms with Crippen molar-refractivity contribution in [3.05, 3.63) is 64.7 Å². The largest absolute Gasteiger partial charge is 0.481 e. The lowest BCUT2D eigenvalue weighted by Gasteiger charge is -2.15. The Kier molecular flexibility index (Phi) is 7.38. The third-order valence-electron chi connectivity index (χ3n) is 4.10. The van der Waals surface area contributed by atoms with Crippen molar-refractivity contribution in [1.82, 2.24) is 5.32 Å². The summed E-state index contributed by atoms with van der Waals surface area (Å²) in [5.41, 5.74) is 4.97. The molecule has 0 fully saturated rings. The van der Waals surface area contributed by atoms with Crippen LogP contribution in [0.25, 0.3) is 0 Å². The number of hydrogen-bond donors (Lipinski definition) is 1. The maximum absolute atomic E-state index is 12.1. The summed E-state index contributed by atoms with van der Waals surface area (Å²) in [5.74, 6) is 2.51. The van der Waals surface area contributed by atoms with E-state index in [0.29, 0.717) is 6.54 Å². The van der Waals surface area contributed by atoms with Crippen LogP contribution in [0.5, 0.6) is 5.75 Å². The Balaban J connectivity index is 1.67. The van der Waals surface area contributed by atoms with Gasteiger partial charge in [-0.25, -0.2) is 0 Å². The van der Waals surface area contributed by atoms with Gasteiger partial charge in [-0.1, -0.05) is 35.9 Å². The zero-order valence-corrected chi connectivity index (χ0v) is 16.3. The van der Waals surface area contributed by atoms with Gasteiger partial charge in [-0.3, -0.25) is 4.79 Å². The van der Waals surface area contributed by atoms with Gasteiger partial charge < -0.3 is 10.1 Å². The number of ether oxygens (including phenoxy) is 1. The van der Waals surface area contributed by atoms with Gasteiger partial charge in [0.05, 0.1) is 0 Å². The number of carbonyl (C=O) groups is 1. The molecule has 134 valence electrons. The number of benzene rings is 2. The molecule has 4 heteroatoms. The van der Waals surface area contributed by atoms with E-state index in [9.17, 15) is 4.79 Å². The average Bonchev–Trinajstić information content (AvgIpc) is 2.59. The Hall–Kier alpha value is -1.94. The summed E-state index contributed by atoms with van der Waals surface area (Å²) in [5, 5.41) is 2.94. The van der Waals surface area contributed by atoms with Crippen molar-refractivity contribution in [1.29, 1.82) is 0 Å². The highest BCUT2D eigenvalue weighted by Crippen LogP contribution is 2.17. The lowest BCUT2D eigenvalue weighted by molar-refractivity contribution is -0.127. The van der Waals surface area contributed by atoms with Gasteiger partial charge in [0.2, 0.25) is 0 Å². The maximum atomic E-state index is 12.1. The Labute approximate surface area is 155 Å². The summed E-state index contributed by atoms with van der Waals surface area (Å²) in [4.78, 5) is 12.1. The first kappa shape index (κ1) is 19.4. The minimum Gasteiger partial charge on any atom is -0.481 e. The quantitative estimate of drug-likeness (QED) is 0.710. The van der Waals surface area contributed by atoms with Crippen LogP contribution in [0.1, 0.15) is 29.2 Å². The van der Waals surface area contributed by atoms with Crippen LogP contribution in [0.3, 0.4) is 0 Å². The first-order chi connectivity index (χ1) is 12.0. The van der Waals surface area contributed by atoms with E-state index < -0.39 is 6.10 Å². The van der Waals surface area contributed by atoms with Gasteiger partial charge in [0, 0.05) is 18.1 Å².